The molecule has 3 nitrogen and oxygen atoms in total. The van der Waals surface area contributed by atoms with Gasteiger partial charge in [-0.25, -0.2) is 0 Å². The highest BCUT2D eigenvalue weighted by molar-refractivity contribution is 5.09. The van der Waals surface area contributed by atoms with Crippen molar-refractivity contribution < 1.29 is 0 Å². The Morgan fingerprint density at radius 2 is 2.14 bits per heavy atom. The van der Waals surface area contributed by atoms with Crippen LogP contribution >= 0.6 is 0 Å². The van der Waals surface area contributed by atoms with Crippen LogP contribution in [-0.2, 0) is 6.54 Å². The topological polar surface area (TPSA) is 19.4 Å². The quantitative estimate of drug-likeness (QED) is 0.718. The SMILES string of the molecule is CCN(Cc1ccncc1)C1CCCN(C/C=C/C(C)C)C1. The van der Waals surface area contributed by atoms with Gasteiger partial charge in [-0.05, 0) is 49.5 Å². The van der Waals surface area contributed by atoms with Crippen LogP contribution in [0.2, 0.25) is 0 Å². The van der Waals surface area contributed by atoms with E-state index in [1.807, 2.05) is 12.4 Å². The second kappa shape index (κ2) is 9.06. The summed E-state index contributed by atoms with van der Waals surface area (Å²) in [5, 5.41) is 0. The molecule has 2 rings (SSSR count). The summed E-state index contributed by atoms with van der Waals surface area (Å²) in [7, 11) is 0. The Hall–Kier alpha value is -1.19. The van der Waals surface area contributed by atoms with Crippen LogP contribution in [0.1, 0.15) is 39.2 Å². The highest BCUT2D eigenvalue weighted by Crippen LogP contribution is 2.18. The van der Waals surface area contributed by atoms with E-state index in [1.165, 1.54) is 31.5 Å². The lowest BCUT2D eigenvalue weighted by Gasteiger charge is -2.38. The lowest BCUT2D eigenvalue weighted by molar-refractivity contribution is 0.103. The van der Waals surface area contributed by atoms with Crippen molar-refractivity contribution in [2.75, 3.05) is 26.2 Å². The van der Waals surface area contributed by atoms with Crippen molar-refractivity contribution in [3.63, 3.8) is 0 Å². The molecule has 0 aromatic carbocycles. The number of piperidine rings is 1. The maximum absolute atomic E-state index is 4.12. The minimum atomic E-state index is 0.652. The van der Waals surface area contributed by atoms with Gasteiger partial charge in [0.2, 0.25) is 0 Å². The third-order valence-corrected chi connectivity index (χ3v) is 4.42. The Morgan fingerprint density at radius 1 is 1.36 bits per heavy atom. The number of nitrogens with zero attached hydrogens (tertiary/aromatic N) is 3. The van der Waals surface area contributed by atoms with E-state index in [2.05, 4.69) is 59.8 Å². The van der Waals surface area contributed by atoms with Gasteiger partial charge >= 0.3 is 0 Å². The molecule has 0 bridgehead atoms. The average molecular weight is 301 g/mol. The fourth-order valence-electron chi connectivity index (χ4n) is 3.20. The van der Waals surface area contributed by atoms with Crippen LogP contribution in [0.3, 0.4) is 0 Å². The minimum absolute atomic E-state index is 0.652. The molecular weight excluding hydrogens is 270 g/mol. The molecule has 1 aromatic rings. The van der Waals surface area contributed by atoms with E-state index in [1.54, 1.807) is 0 Å². The molecule has 0 N–H and O–H groups in total. The van der Waals surface area contributed by atoms with E-state index in [-0.39, 0.29) is 0 Å². The fourth-order valence-corrected chi connectivity index (χ4v) is 3.20. The van der Waals surface area contributed by atoms with E-state index in [0.29, 0.717) is 12.0 Å². The number of hydrogen-bond donors (Lipinski definition) is 0. The van der Waals surface area contributed by atoms with Gasteiger partial charge in [0.1, 0.15) is 0 Å². The standard InChI is InChI=1S/C19H31N3/c1-4-22(15-18-9-11-20-12-10-18)19-8-6-14-21(16-19)13-5-7-17(2)3/h5,7,9-12,17,19H,4,6,8,13-16H2,1-3H3/b7-5+. The Bertz CT molecular complexity index is 441. The van der Waals surface area contributed by atoms with E-state index in [9.17, 15) is 0 Å². The van der Waals surface area contributed by atoms with Gasteiger partial charge in [-0.15, -0.1) is 0 Å². The average Bonchev–Trinajstić information content (AvgIpc) is 2.53. The highest BCUT2D eigenvalue weighted by atomic mass is 15.2. The fraction of sp³-hybridized carbons (Fsp3) is 0.632. The van der Waals surface area contributed by atoms with Crippen molar-refractivity contribution in [2.24, 2.45) is 5.92 Å². The molecule has 1 saturated heterocycles. The monoisotopic (exact) mass is 301 g/mol. The molecule has 1 aliphatic rings. The summed E-state index contributed by atoms with van der Waals surface area (Å²) < 4.78 is 0. The van der Waals surface area contributed by atoms with Gasteiger partial charge in [-0.3, -0.25) is 14.8 Å². The molecule has 0 spiro atoms. The Balaban J connectivity index is 1.89. The summed E-state index contributed by atoms with van der Waals surface area (Å²) in [5.74, 6) is 0.652. The minimum Gasteiger partial charge on any atom is -0.298 e. The summed E-state index contributed by atoms with van der Waals surface area (Å²) in [6, 6.07) is 4.95. The predicted molar refractivity (Wildman–Crippen MR) is 93.8 cm³/mol. The van der Waals surface area contributed by atoms with E-state index in [4.69, 9.17) is 0 Å². The van der Waals surface area contributed by atoms with Gasteiger partial charge in [0.25, 0.3) is 0 Å². The first-order chi connectivity index (χ1) is 10.7. The third-order valence-electron chi connectivity index (χ3n) is 4.42. The third kappa shape index (κ3) is 5.54. The van der Waals surface area contributed by atoms with Crippen molar-refractivity contribution >= 4 is 0 Å². The van der Waals surface area contributed by atoms with Gasteiger partial charge in [-0.2, -0.15) is 0 Å². The number of hydrogen-bond acceptors (Lipinski definition) is 3. The van der Waals surface area contributed by atoms with E-state index < -0.39 is 0 Å². The maximum Gasteiger partial charge on any atom is 0.0271 e. The predicted octanol–water partition coefficient (Wildman–Crippen LogP) is 3.58. The summed E-state index contributed by atoms with van der Waals surface area (Å²) >= 11 is 0. The number of likely N-dealkylation sites (N-methyl/N-ethyl adjacent to an activating group) is 1. The van der Waals surface area contributed by atoms with Crippen LogP contribution in [0.15, 0.2) is 36.7 Å². The number of aromatic nitrogens is 1. The van der Waals surface area contributed by atoms with Gasteiger partial charge in [0, 0.05) is 38.1 Å². The van der Waals surface area contributed by atoms with E-state index >= 15 is 0 Å². The van der Waals surface area contributed by atoms with Crippen LogP contribution in [-0.4, -0.2) is 47.0 Å². The Labute approximate surface area is 136 Å². The van der Waals surface area contributed by atoms with Crippen LogP contribution in [0.25, 0.3) is 0 Å². The van der Waals surface area contributed by atoms with Gasteiger partial charge in [0.15, 0.2) is 0 Å². The lowest BCUT2D eigenvalue weighted by atomic mass is 10.0. The van der Waals surface area contributed by atoms with Crippen LogP contribution in [0, 0.1) is 5.92 Å². The Kier molecular flexibility index (Phi) is 7.07. The summed E-state index contributed by atoms with van der Waals surface area (Å²) in [5.41, 5.74) is 1.37. The normalized spacial score (nSPS) is 20.3. The molecule has 1 aliphatic heterocycles. The molecule has 0 amide bonds. The number of likely N-dealkylation sites (tertiary alicyclic amines) is 1. The molecule has 0 saturated carbocycles. The van der Waals surface area contributed by atoms with Crippen LogP contribution in [0.4, 0.5) is 0 Å². The van der Waals surface area contributed by atoms with Crippen molar-refractivity contribution in [3.05, 3.63) is 42.2 Å². The number of allylic oxidation sites excluding steroid dienone is 1. The Morgan fingerprint density at radius 3 is 2.82 bits per heavy atom. The molecule has 1 aromatic heterocycles. The molecule has 0 radical (unpaired) electrons. The summed E-state index contributed by atoms with van der Waals surface area (Å²) in [4.78, 5) is 9.33. The molecule has 1 unspecified atom stereocenters. The molecule has 1 atom stereocenters. The van der Waals surface area contributed by atoms with Crippen LogP contribution in [0.5, 0.6) is 0 Å². The zero-order chi connectivity index (χ0) is 15.8. The zero-order valence-electron chi connectivity index (χ0n) is 14.4. The first-order valence-electron chi connectivity index (χ1n) is 8.71. The number of pyridine rings is 1. The molecule has 3 heteroatoms. The smallest absolute Gasteiger partial charge is 0.0271 e. The molecule has 122 valence electrons. The summed E-state index contributed by atoms with van der Waals surface area (Å²) in [6.07, 6.45) is 11.1. The molecule has 0 aliphatic carbocycles. The van der Waals surface area contributed by atoms with Gasteiger partial charge < -0.3 is 0 Å². The second-order valence-corrected chi connectivity index (χ2v) is 6.65. The first-order valence-corrected chi connectivity index (χ1v) is 8.71. The lowest BCUT2D eigenvalue weighted by Crippen LogP contribution is -2.47. The van der Waals surface area contributed by atoms with Crippen molar-refractivity contribution in [3.8, 4) is 0 Å². The van der Waals surface area contributed by atoms with Crippen molar-refractivity contribution in [1.29, 1.82) is 0 Å². The highest BCUT2D eigenvalue weighted by Gasteiger charge is 2.23. The van der Waals surface area contributed by atoms with Gasteiger partial charge in [0.05, 0.1) is 0 Å². The molecule has 22 heavy (non-hydrogen) atoms. The molecular formula is C19H31N3. The number of rotatable bonds is 7. The van der Waals surface area contributed by atoms with Crippen LogP contribution < -0.4 is 0 Å². The first kappa shape index (κ1) is 17.2. The maximum atomic E-state index is 4.12. The molecule has 1 fully saturated rings. The van der Waals surface area contributed by atoms with Gasteiger partial charge in [-0.1, -0.05) is 32.9 Å². The largest absolute Gasteiger partial charge is 0.298 e. The summed E-state index contributed by atoms with van der Waals surface area (Å²) in [6.45, 7) is 12.4. The van der Waals surface area contributed by atoms with Crippen molar-refractivity contribution in [2.45, 2.75) is 46.2 Å². The second-order valence-electron chi connectivity index (χ2n) is 6.65. The van der Waals surface area contributed by atoms with E-state index in [0.717, 1.165) is 19.6 Å². The van der Waals surface area contributed by atoms with Crippen molar-refractivity contribution in [1.82, 2.24) is 14.8 Å². The molecule has 2 heterocycles. The zero-order valence-corrected chi connectivity index (χ0v) is 14.4.